The number of carbonyl (C=O) groups excluding carboxylic acids is 1. The molecule has 0 bridgehead atoms. The van der Waals surface area contributed by atoms with Crippen molar-refractivity contribution in [2.24, 2.45) is 0 Å². The number of amides is 1. The van der Waals surface area contributed by atoms with E-state index in [4.69, 9.17) is 0 Å². The van der Waals surface area contributed by atoms with Gasteiger partial charge in [-0.25, -0.2) is 9.37 Å². The zero-order valence-corrected chi connectivity index (χ0v) is 11.1. The van der Waals surface area contributed by atoms with E-state index in [1.54, 1.807) is 31.2 Å². The van der Waals surface area contributed by atoms with Gasteiger partial charge in [-0.1, -0.05) is 19.1 Å². The van der Waals surface area contributed by atoms with Crippen LogP contribution >= 0.6 is 0 Å². The van der Waals surface area contributed by atoms with Gasteiger partial charge in [0.1, 0.15) is 11.6 Å². The summed E-state index contributed by atoms with van der Waals surface area (Å²) >= 11 is 0. The summed E-state index contributed by atoms with van der Waals surface area (Å²) in [6.45, 7) is 1.48. The summed E-state index contributed by atoms with van der Waals surface area (Å²) < 4.78 is 14.0. The first-order valence-electron chi connectivity index (χ1n) is 6.30. The molecule has 0 spiro atoms. The van der Waals surface area contributed by atoms with Crippen LogP contribution in [0.2, 0.25) is 0 Å². The predicted octanol–water partition coefficient (Wildman–Crippen LogP) is 2.73. The average molecular weight is 274 g/mol. The van der Waals surface area contributed by atoms with Crippen molar-refractivity contribution < 1.29 is 14.3 Å². The maximum absolute atomic E-state index is 14.0. The summed E-state index contributed by atoms with van der Waals surface area (Å²) in [5.41, 5.74) is 1.38. The highest BCUT2D eigenvalue weighted by molar-refractivity contribution is 5.90. The van der Waals surface area contributed by atoms with Crippen LogP contribution in [0.15, 0.2) is 36.5 Å². The van der Waals surface area contributed by atoms with Crippen LogP contribution in [0.4, 0.5) is 10.2 Å². The van der Waals surface area contributed by atoms with E-state index in [-0.39, 0.29) is 12.5 Å². The largest absolute Gasteiger partial charge is 0.392 e. The van der Waals surface area contributed by atoms with Gasteiger partial charge in [-0.05, 0) is 29.3 Å². The minimum Gasteiger partial charge on any atom is -0.392 e. The second kappa shape index (κ2) is 6.25. The minimum absolute atomic E-state index is 0.162. The molecule has 0 radical (unpaired) electrons. The molecule has 4 nitrogen and oxygen atoms in total. The van der Waals surface area contributed by atoms with E-state index in [9.17, 15) is 14.3 Å². The number of nitrogens with one attached hydrogen (secondary N) is 1. The molecule has 0 saturated heterocycles. The monoisotopic (exact) mass is 274 g/mol. The van der Waals surface area contributed by atoms with Crippen molar-refractivity contribution in [2.45, 2.75) is 20.0 Å². The predicted molar refractivity (Wildman–Crippen MR) is 74.5 cm³/mol. The summed E-state index contributed by atoms with van der Waals surface area (Å²) in [7, 11) is 0. The van der Waals surface area contributed by atoms with Crippen LogP contribution in [0.3, 0.4) is 0 Å². The first-order chi connectivity index (χ1) is 9.65. The van der Waals surface area contributed by atoms with Gasteiger partial charge in [-0.15, -0.1) is 0 Å². The molecule has 0 unspecified atom stereocenters. The summed E-state index contributed by atoms with van der Waals surface area (Å²) in [5.74, 6) is -0.220. The van der Waals surface area contributed by atoms with E-state index >= 15 is 0 Å². The fraction of sp³-hybridized carbons (Fsp3) is 0.200. The van der Waals surface area contributed by atoms with Crippen molar-refractivity contribution in [2.75, 3.05) is 5.32 Å². The molecule has 0 aliphatic rings. The van der Waals surface area contributed by atoms with Crippen molar-refractivity contribution in [1.29, 1.82) is 0 Å². The van der Waals surface area contributed by atoms with Crippen LogP contribution in [0.5, 0.6) is 0 Å². The minimum atomic E-state index is -0.421. The maximum atomic E-state index is 14.0. The first kappa shape index (κ1) is 14.1. The number of nitrogens with zero attached hydrogens (tertiary/aromatic N) is 1. The van der Waals surface area contributed by atoms with E-state index in [1.165, 1.54) is 12.3 Å². The molecular weight excluding hydrogens is 259 g/mol. The molecule has 1 aromatic carbocycles. The van der Waals surface area contributed by atoms with Crippen LogP contribution in [0.25, 0.3) is 11.1 Å². The number of halogens is 1. The number of aliphatic hydroxyl groups is 1. The second-order valence-corrected chi connectivity index (χ2v) is 4.26. The van der Waals surface area contributed by atoms with Gasteiger partial charge >= 0.3 is 0 Å². The Hall–Kier alpha value is -2.27. The van der Waals surface area contributed by atoms with Gasteiger partial charge in [0.25, 0.3) is 0 Å². The Morgan fingerprint density at radius 2 is 2.20 bits per heavy atom. The van der Waals surface area contributed by atoms with Gasteiger partial charge < -0.3 is 10.4 Å². The van der Waals surface area contributed by atoms with Gasteiger partial charge in [-0.2, -0.15) is 0 Å². The molecule has 2 N–H and O–H groups in total. The molecule has 0 atom stereocenters. The molecule has 0 aliphatic heterocycles. The van der Waals surface area contributed by atoms with Crippen molar-refractivity contribution in [1.82, 2.24) is 4.98 Å². The number of hydrogen-bond donors (Lipinski definition) is 2. The standard InChI is InChI=1S/C15H15FN2O2/c1-2-14(20)18-13-8-10(6-7-17-13)15-11(9-19)4-3-5-12(15)16/h3-8,19H,2,9H2,1H3,(H,17,18,20). The van der Waals surface area contributed by atoms with Crippen LogP contribution in [0.1, 0.15) is 18.9 Å². The molecular formula is C15H15FN2O2. The average Bonchev–Trinajstić information content (AvgIpc) is 2.47. The van der Waals surface area contributed by atoms with E-state index in [0.29, 0.717) is 28.9 Å². The zero-order chi connectivity index (χ0) is 14.5. The van der Waals surface area contributed by atoms with Crippen LogP contribution < -0.4 is 5.32 Å². The van der Waals surface area contributed by atoms with Gasteiger partial charge in [0, 0.05) is 18.2 Å². The molecule has 20 heavy (non-hydrogen) atoms. The van der Waals surface area contributed by atoms with Crippen LogP contribution in [0, 0.1) is 5.82 Å². The Morgan fingerprint density at radius 3 is 2.90 bits per heavy atom. The van der Waals surface area contributed by atoms with Gasteiger partial charge in [0.05, 0.1) is 6.61 Å². The molecule has 0 aliphatic carbocycles. The van der Waals surface area contributed by atoms with E-state index in [1.807, 2.05) is 0 Å². The topological polar surface area (TPSA) is 62.2 Å². The summed E-state index contributed by atoms with van der Waals surface area (Å²) in [5, 5.41) is 11.9. The lowest BCUT2D eigenvalue weighted by Gasteiger charge is -2.10. The quantitative estimate of drug-likeness (QED) is 0.901. The van der Waals surface area contributed by atoms with Crippen molar-refractivity contribution in [3.8, 4) is 11.1 Å². The normalized spacial score (nSPS) is 10.3. The van der Waals surface area contributed by atoms with E-state index in [2.05, 4.69) is 10.3 Å². The molecule has 5 heteroatoms. The third-order valence-electron chi connectivity index (χ3n) is 2.91. The molecule has 1 aromatic heterocycles. The van der Waals surface area contributed by atoms with E-state index in [0.717, 1.165) is 0 Å². The van der Waals surface area contributed by atoms with E-state index < -0.39 is 5.82 Å². The van der Waals surface area contributed by atoms with Crippen LogP contribution in [-0.2, 0) is 11.4 Å². The molecule has 1 amide bonds. The van der Waals surface area contributed by atoms with Crippen molar-refractivity contribution in [3.63, 3.8) is 0 Å². The third-order valence-corrected chi connectivity index (χ3v) is 2.91. The Bertz CT molecular complexity index is 629. The molecule has 0 fully saturated rings. The van der Waals surface area contributed by atoms with Crippen LogP contribution in [-0.4, -0.2) is 16.0 Å². The maximum Gasteiger partial charge on any atom is 0.225 e. The number of rotatable bonds is 4. The lowest BCUT2D eigenvalue weighted by molar-refractivity contribution is -0.115. The Kier molecular flexibility index (Phi) is 4.42. The zero-order valence-electron chi connectivity index (χ0n) is 11.1. The number of hydrogen-bond acceptors (Lipinski definition) is 3. The first-order valence-corrected chi connectivity index (χ1v) is 6.30. The highest BCUT2D eigenvalue weighted by Gasteiger charge is 2.11. The number of anilines is 1. The summed E-state index contributed by atoms with van der Waals surface area (Å²) in [4.78, 5) is 15.4. The van der Waals surface area contributed by atoms with Crippen molar-refractivity contribution in [3.05, 3.63) is 47.9 Å². The smallest absolute Gasteiger partial charge is 0.225 e. The molecule has 2 aromatic rings. The fourth-order valence-electron chi connectivity index (χ4n) is 1.91. The number of carbonyl (C=O) groups is 1. The second-order valence-electron chi connectivity index (χ2n) is 4.26. The third kappa shape index (κ3) is 3.00. The summed E-state index contributed by atoms with van der Waals surface area (Å²) in [6, 6.07) is 7.76. The number of benzene rings is 1. The van der Waals surface area contributed by atoms with Crippen molar-refractivity contribution >= 4 is 11.7 Å². The molecule has 104 valence electrons. The molecule has 1 heterocycles. The highest BCUT2D eigenvalue weighted by Crippen LogP contribution is 2.28. The molecule has 2 rings (SSSR count). The van der Waals surface area contributed by atoms with Gasteiger partial charge in [-0.3, -0.25) is 4.79 Å². The fourth-order valence-corrected chi connectivity index (χ4v) is 1.91. The lowest BCUT2D eigenvalue weighted by Crippen LogP contribution is -2.10. The number of aromatic nitrogens is 1. The lowest BCUT2D eigenvalue weighted by atomic mass is 10.0. The van der Waals surface area contributed by atoms with Gasteiger partial charge in [0.2, 0.25) is 5.91 Å². The Balaban J connectivity index is 2.43. The number of aliphatic hydroxyl groups excluding tert-OH is 1. The Labute approximate surface area is 116 Å². The number of pyridine rings is 1. The SMILES string of the molecule is CCC(=O)Nc1cc(-c2c(F)cccc2CO)ccn1. The van der Waals surface area contributed by atoms with Gasteiger partial charge in [0.15, 0.2) is 0 Å². The summed E-state index contributed by atoms with van der Waals surface area (Å²) in [6.07, 6.45) is 1.84. The highest BCUT2D eigenvalue weighted by atomic mass is 19.1. The molecule has 0 saturated carbocycles. The Morgan fingerprint density at radius 1 is 1.40 bits per heavy atom.